The van der Waals surface area contributed by atoms with Gasteiger partial charge < -0.3 is 25.2 Å². The van der Waals surface area contributed by atoms with Gasteiger partial charge >= 0.3 is 6.03 Å². The average molecular weight is 596 g/mol. The lowest BCUT2D eigenvalue weighted by molar-refractivity contribution is 0.0363. The fraction of sp³-hybridized carbons (Fsp3) is 0.382. The molecule has 0 radical (unpaired) electrons. The fourth-order valence-electron chi connectivity index (χ4n) is 6.43. The largest absolute Gasteiger partial charge is 0.383 e. The minimum atomic E-state index is -0.189. The van der Waals surface area contributed by atoms with Crippen LogP contribution in [0.25, 0.3) is 10.9 Å². The maximum absolute atomic E-state index is 13.2. The number of rotatable bonds is 9. The minimum absolute atomic E-state index is 0.189. The van der Waals surface area contributed by atoms with E-state index in [2.05, 4.69) is 49.5 Å². The Kier molecular flexibility index (Phi) is 8.92. The van der Waals surface area contributed by atoms with Crippen LogP contribution < -0.4 is 15.5 Å². The monoisotopic (exact) mass is 595 g/mol. The van der Waals surface area contributed by atoms with Crippen molar-refractivity contribution in [1.29, 1.82) is 0 Å². The minimum Gasteiger partial charge on any atom is -0.383 e. The van der Waals surface area contributed by atoms with Crippen LogP contribution in [-0.2, 0) is 4.74 Å². The number of nitrogens with one attached hydrogen (secondary N) is 2. The summed E-state index contributed by atoms with van der Waals surface area (Å²) in [5.74, 6) is 0.824. The number of carbonyl (C=O) groups is 2. The summed E-state index contributed by atoms with van der Waals surface area (Å²) in [6.45, 7) is 5.75. The van der Waals surface area contributed by atoms with E-state index in [1.807, 2.05) is 48.5 Å². The molecule has 4 heterocycles. The molecule has 2 saturated heterocycles. The van der Waals surface area contributed by atoms with Crippen molar-refractivity contribution in [2.24, 2.45) is 0 Å². The normalized spacial score (nSPS) is 16.5. The predicted molar refractivity (Wildman–Crippen MR) is 174 cm³/mol. The van der Waals surface area contributed by atoms with Gasteiger partial charge in [-0.2, -0.15) is 0 Å². The molecule has 2 fully saturated rings. The molecule has 2 aromatic heterocycles. The fourth-order valence-corrected chi connectivity index (χ4v) is 6.43. The summed E-state index contributed by atoms with van der Waals surface area (Å²) < 4.78 is 6.98. The number of piperidine rings is 1. The van der Waals surface area contributed by atoms with Gasteiger partial charge in [-0.1, -0.05) is 12.1 Å². The number of aromatic nitrogens is 2. The van der Waals surface area contributed by atoms with Crippen molar-refractivity contribution in [3.05, 3.63) is 84.2 Å². The number of nitrogens with zero attached hydrogens (tertiary/aromatic N) is 5. The number of anilines is 3. The number of pyridine rings is 1. The molecule has 4 aromatic rings. The van der Waals surface area contributed by atoms with E-state index in [9.17, 15) is 9.59 Å². The second-order valence-corrected chi connectivity index (χ2v) is 11.8. The van der Waals surface area contributed by atoms with Gasteiger partial charge in [0, 0.05) is 80.6 Å². The molecule has 10 nitrogen and oxygen atoms in total. The standard InChI is InChI=1S/C34H41N7O3/c1-35-34(43)41-17-13-27-20-28(8-9-31(27)41)40(18-19-44-3)29-10-14-36-32(21-29)37-33(42)26-6-4-24(5-7-26)25-11-15-39(16-12-25)30-22-38(2)23-30/h4-10,13-14,17,20-21,25,30H,11-12,15-16,18-19,22-23H2,1-3H3,(H,35,43)(H,36,37,42). The third-order valence-electron chi connectivity index (χ3n) is 8.97. The highest BCUT2D eigenvalue weighted by atomic mass is 16.5. The molecule has 2 N–H and O–H groups in total. The number of hydrogen-bond donors (Lipinski definition) is 2. The van der Waals surface area contributed by atoms with Crippen molar-refractivity contribution >= 4 is 40.0 Å². The number of hydrogen-bond acceptors (Lipinski definition) is 7. The van der Waals surface area contributed by atoms with Gasteiger partial charge in [0.1, 0.15) is 5.82 Å². The lowest BCUT2D eigenvalue weighted by Gasteiger charge is -2.46. The Hall–Kier alpha value is -4.25. The Morgan fingerprint density at radius 3 is 2.45 bits per heavy atom. The van der Waals surface area contributed by atoms with Crippen LogP contribution in [0, 0.1) is 0 Å². The van der Waals surface area contributed by atoms with E-state index in [-0.39, 0.29) is 11.9 Å². The maximum Gasteiger partial charge on any atom is 0.325 e. The third kappa shape index (κ3) is 6.33. The van der Waals surface area contributed by atoms with Gasteiger partial charge in [0.2, 0.25) is 0 Å². The molecule has 230 valence electrons. The van der Waals surface area contributed by atoms with E-state index in [1.54, 1.807) is 31.1 Å². The van der Waals surface area contributed by atoms with Crippen molar-refractivity contribution in [3.8, 4) is 0 Å². The lowest BCUT2D eigenvalue weighted by atomic mass is 9.88. The predicted octanol–water partition coefficient (Wildman–Crippen LogP) is 4.75. The molecule has 2 amide bonds. The van der Waals surface area contributed by atoms with E-state index < -0.39 is 0 Å². The van der Waals surface area contributed by atoms with Gasteiger partial charge in [-0.15, -0.1) is 0 Å². The molecule has 10 heteroatoms. The van der Waals surface area contributed by atoms with Gasteiger partial charge in [0.05, 0.1) is 12.1 Å². The van der Waals surface area contributed by atoms with Gasteiger partial charge in [-0.25, -0.2) is 9.78 Å². The number of ether oxygens (including phenoxy) is 1. The first-order chi connectivity index (χ1) is 21.4. The molecule has 44 heavy (non-hydrogen) atoms. The van der Waals surface area contributed by atoms with Gasteiger partial charge in [-0.05, 0) is 86.9 Å². The summed E-state index contributed by atoms with van der Waals surface area (Å²) in [7, 11) is 5.47. The summed E-state index contributed by atoms with van der Waals surface area (Å²) in [4.78, 5) is 37.0. The molecule has 0 saturated carbocycles. The lowest BCUT2D eigenvalue weighted by Crippen LogP contribution is -2.59. The van der Waals surface area contributed by atoms with E-state index in [1.165, 1.54) is 18.7 Å². The van der Waals surface area contributed by atoms with E-state index >= 15 is 0 Å². The number of methoxy groups -OCH3 is 1. The first-order valence-corrected chi connectivity index (χ1v) is 15.3. The second-order valence-electron chi connectivity index (χ2n) is 11.8. The Morgan fingerprint density at radius 1 is 1.00 bits per heavy atom. The van der Waals surface area contributed by atoms with E-state index in [4.69, 9.17) is 4.74 Å². The zero-order valence-corrected chi connectivity index (χ0v) is 25.7. The first-order valence-electron chi connectivity index (χ1n) is 15.3. The SMILES string of the molecule is CNC(=O)n1ccc2cc(N(CCOC)c3ccnc(NC(=O)c4ccc(C5CCN(C6CN(C)C6)CC5)cc4)c3)ccc21. The van der Waals surface area contributed by atoms with Crippen LogP contribution >= 0.6 is 0 Å². The molecule has 0 bridgehead atoms. The highest BCUT2D eigenvalue weighted by Crippen LogP contribution is 2.32. The molecule has 2 aliphatic heterocycles. The highest BCUT2D eigenvalue weighted by Gasteiger charge is 2.32. The molecule has 0 aliphatic carbocycles. The van der Waals surface area contributed by atoms with Crippen molar-refractivity contribution in [1.82, 2.24) is 24.7 Å². The van der Waals surface area contributed by atoms with Crippen molar-refractivity contribution < 1.29 is 14.3 Å². The Balaban J connectivity index is 1.13. The number of fused-ring (bicyclic) bond motifs is 1. The Morgan fingerprint density at radius 2 is 1.75 bits per heavy atom. The van der Waals surface area contributed by atoms with Crippen LogP contribution in [0.3, 0.4) is 0 Å². The van der Waals surface area contributed by atoms with E-state index in [0.29, 0.717) is 30.5 Å². The molecule has 6 rings (SSSR count). The molecule has 0 spiro atoms. The van der Waals surface area contributed by atoms with Crippen LogP contribution in [0.4, 0.5) is 22.0 Å². The highest BCUT2D eigenvalue weighted by molar-refractivity contribution is 6.04. The summed E-state index contributed by atoms with van der Waals surface area (Å²) in [5, 5.41) is 6.59. The van der Waals surface area contributed by atoms with Gasteiger partial charge in [-0.3, -0.25) is 14.3 Å². The van der Waals surface area contributed by atoms with Crippen LogP contribution in [0.15, 0.2) is 73.1 Å². The molecule has 2 aromatic carbocycles. The third-order valence-corrected chi connectivity index (χ3v) is 8.97. The number of likely N-dealkylation sites (N-methyl/N-ethyl adjacent to an activating group) is 1. The zero-order chi connectivity index (χ0) is 30.6. The molecule has 0 unspecified atom stereocenters. The maximum atomic E-state index is 13.2. The molecule has 2 aliphatic rings. The topological polar surface area (TPSA) is 95.0 Å². The Bertz CT molecular complexity index is 1600. The summed E-state index contributed by atoms with van der Waals surface area (Å²) in [5.41, 5.74) is 4.55. The zero-order valence-electron chi connectivity index (χ0n) is 25.7. The van der Waals surface area contributed by atoms with Crippen molar-refractivity contribution in [2.75, 3.05) is 70.8 Å². The first kappa shape index (κ1) is 29.8. The van der Waals surface area contributed by atoms with Crippen LogP contribution in [-0.4, -0.2) is 97.9 Å². The van der Waals surface area contributed by atoms with Crippen molar-refractivity contribution in [3.63, 3.8) is 0 Å². The molecular weight excluding hydrogens is 554 g/mol. The van der Waals surface area contributed by atoms with E-state index in [0.717, 1.165) is 54.3 Å². The van der Waals surface area contributed by atoms with Gasteiger partial charge in [0.15, 0.2) is 0 Å². The number of amides is 2. The number of carbonyl (C=O) groups excluding carboxylic acids is 2. The van der Waals surface area contributed by atoms with Crippen molar-refractivity contribution in [2.45, 2.75) is 24.8 Å². The van der Waals surface area contributed by atoms with Crippen LogP contribution in [0.2, 0.25) is 0 Å². The second kappa shape index (κ2) is 13.2. The quantitative estimate of drug-likeness (QED) is 0.288. The Labute approximate surface area is 258 Å². The summed E-state index contributed by atoms with van der Waals surface area (Å²) in [6, 6.07) is 20.3. The smallest absolute Gasteiger partial charge is 0.325 e. The number of benzene rings is 2. The summed E-state index contributed by atoms with van der Waals surface area (Å²) in [6.07, 6.45) is 5.78. The molecular formula is C34H41N7O3. The molecule has 0 atom stereocenters. The van der Waals surface area contributed by atoms with Crippen LogP contribution in [0.1, 0.15) is 34.7 Å². The van der Waals surface area contributed by atoms with Gasteiger partial charge in [0.25, 0.3) is 5.91 Å². The number of likely N-dealkylation sites (tertiary alicyclic amines) is 2. The average Bonchev–Trinajstić information content (AvgIpc) is 3.47. The summed E-state index contributed by atoms with van der Waals surface area (Å²) >= 11 is 0. The van der Waals surface area contributed by atoms with Crippen LogP contribution in [0.5, 0.6) is 0 Å².